The molecule has 0 aliphatic heterocycles. The Morgan fingerprint density at radius 3 is 2.79 bits per heavy atom. The molecule has 2 rings (SSSR count). The van der Waals surface area contributed by atoms with Crippen molar-refractivity contribution in [2.75, 3.05) is 5.32 Å². The molecule has 0 heterocycles. The maximum atomic E-state index is 12.1. The Morgan fingerprint density at radius 2 is 2.05 bits per heavy atom. The summed E-state index contributed by atoms with van der Waals surface area (Å²) in [5.41, 5.74) is 2.76. The summed E-state index contributed by atoms with van der Waals surface area (Å²) in [7, 11) is 0. The Bertz CT molecular complexity index is 611. The zero-order valence-corrected chi connectivity index (χ0v) is 11.2. The number of carbonyl (C=O) groups is 1. The summed E-state index contributed by atoms with van der Waals surface area (Å²) in [5.74, 6) is 0.0175. The van der Waals surface area contributed by atoms with Gasteiger partial charge in [-0.2, -0.15) is 0 Å². The molecule has 0 aromatic heterocycles. The molecule has 0 spiro atoms. The van der Waals surface area contributed by atoms with E-state index in [1.54, 1.807) is 24.3 Å². The van der Waals surface area contributed by atoms with Crippen molar-refractivity contribution in [1.82, 2.24) is 0 Å². The fourth-order valence-corrected chi connectivity index (χ4v) is 1.93. The standard InChI is InChI=1S/C15H14ClNO2/c1-10-5-6-14(18)13(7-10)15(19)17-12-4-2-3-11(8-12)9-16/h2-8,18H,9H2,1H3,(H,17,19). The highest BCUT2D eigenvalue weighted by molar-refractivity contribution is 6.17. The van der Waals surface area contributed by atoms with Crippen molar-refractivity contribution in [3.63, 3.8) is 0 Å². The van der Waals surface area contributed by atoms with Gasteiger partial charge >= 0.3 is 0 Å². The molecule has 0 radical (unpaired) electrons. The quantitative estimate of drug-likeness (QED) is 0.839. The highest BCUT2D eigenvalue weighted by Crippen LogP contribution is 2.20. The first-order valence-electron chi connectivity index (χ1n) is 5.86. The smallest absolute Gasteiger partial charge is 0.259 e. The van der Waals surface area contributed by atoms with Crippen LogP contribution in [0, 0.1) is 6.92 Å². The van der Waals surface area contributed by atoms with Crippen molar-refractivity contribution >= 4 is 23.2 Å². The molecule has 2 aromatic carbocycles. The summed E-state index contributed by atoms with van der Waals surface area (Å²) in [6.07, 6.45) is 0. The van der Waals surface area contributed by atoms with Crippen LogP contribution in [0.3, 0.4) is 0 Å². The average molecular weight is 276 g/mol. The van der Waals surface area contributed by atoms with E-state index in [1.165, 1.54) is 6.07 Å². The van der Waals surface area contributed by atoms with Gasteiger partial charge in [0.25, 0.3) is 5.91 Å². The molecule has 1 amide bonds. The van der Waals surface area contributed by atoms with Gasteiger partial charge in [0.2, 0.25) is 0 Å². The fraction of sp³-hybridized carbons (Fsp3) is 0.133. The Kier molecular flexibility index (Phi) is 4.07. The molecule has 3 nitrogen and oxygen atoms in total. The Morgan fingerprint density at radius 1 is 1.26 bits per heavy atom. The van der Waals surface area contributed by atoms with Crippen LogP contribution in [0.5, 0.6) is 5.75 Å². The molecule has 0 saturated carbocycles. The van der Waals surface area contributed by atoms with Gasteiger partial charge in [0, 0.05) is 11.6 Å². The summed E-state index contributed by atoms with van der Waals surface area (Å²) in [6.45, 7) is 1.87. The second kappa shape index (κ2) is 5.76. The lowest BCUT2D eigenvalue weighted by molar-refractivity contribution is 0.102. The van der Waals surface area contributed by atoms with E-state index in [2.05, 4.69) is 5.32 Å². The van der Waals surface area contributed by atoms with E-state index in [1.807, 2.05) is 19.1 Å². The number of amides is 1. The Labute approximate surface area is 116 Å². The van der Waals surface area contributed by atoms with Gasteiger partial charge in [-0.3, -0.25) is 4.79 Å². The molecule has 2 aromatic rings. The minimum absolute atomic E-state index is 0.0309. The van der Waals surface area contributed by atoms with Crippen LogP contribution in [0.1, 0.15) is 21.5 Å². The molecule has 0 saturated heterocycles. The molecule has 4 heteroatoms. The number of phenolic OH excluding ortho intramolecular Hbond substituents is 1. The molecule has 0 aliphatic carbocycles. The number of hydrogen-bond acceptors (Lipinski definition) is 2. The van der Waals surface area contributed by atoms with Gasteiger partial charge in [-0.05, 0) is 36.8 Å². The van der Waals surface area contributed by atoms with Gasteiger partial charge in [0.05, 0.1) is 5.56 Å². The largest absolute Gasteiger partial charge is 0.507 e. The molecule has 0 fully saturated rings. The number of aromatic hydroxyl groups is 1. The van der Waals surface area contributed by atoms with Crippen molar-refractivity contribution in [2.45, 2.75) is 12.8 Å². The zero-order valence-electron chi connectivity index (χ0n) is 10.5. The van der Waals surface area contributed by atoms with Crippen LogP contribution in [0.15, 0.2) is 42.5 Å². The number of carbonyl (C=O) groups excluding carboxylic acids is 1. The number of rotatable bonds is 3. The SMILES string of the molecule is Cc1ccc(O)c(C(=O)Nc2cccc(CCl)c2)c1. The lowest BCUT2D eigenvalue weighted by atomic mass is 10.1. The topological polar surface area (TPSA) is 49.3 Å². The number of benzene rings is 2. The zero-order chi connectivity index (χ0) is 13.8. The number of alkyl halides is 1. The maximum absolute atomic E-state index is 12.1. The third-order valence-electron chi connectivity index (χ3n) is 2.74. The van der Waals surface area contributed by atoms with E-state index in [0.29, 0.717) is 11.6 Å². The number of aryl methyl sites for hydroxylation is 1. The predicted octanol–water partition coefficient (Wildman–Crippen LogP) is 3.69. The van der Waals surface area contributed by atoms with Crippen LogP contribution in [-0.2, 0) is 5.88 Å². The highest BCUT2D eigenvalue weighted by Gasteiger charge is 2.11. The first-order chi connectivity index (χ1) is 9.10. The third kappa shape index (κ3) is 3.26. The second-order valence-corrected chi connectivity index (χ2v) is 4.58. The molecular formula is C15H14ClNO2. The van der Waals surface area contributed by atoms with E-state index in [9.17, 15) is 9.90 Å². The molecular weight excluding hydrogens is 262 g/mol. The maximum Gasteiger partial charge on any atom is 0.259 e. The molecule has 0 aliphatic rings. The van der Waals surface area contributed by atoms with Gasteiger partial charge in [0.1, 0.15) is 5.75 Å². The first kappa shape index (κ1) is 13.4. The third-order valence-corrected chi connectivity index (χ3v) is 3.04. The normalized spacial score (nSPS) is 10.2. The first-order valence-corrected chi connectivity index (χ1v) is 6.39. The number of hydrogen-bond donors (Lipinski definition) is 2. The van der Waals surface area contributed by atoms with E-state index in [0.717, 1.165) is 11.1 Å². The summed E-state index contributed by atoms with van der Waals surface area (Å²) in [5, 5.41) is 12.4. The summed E-state index contributed by atoms with van der Waals surface area (Å²) in [4.78, 5) is 12.1. The molecule has 0 atom stereocenters. The van der Waals surface area contributed by atoms with Gasteiger partial charge in [0.15, 0.2) is 0 Å². The number of phenols is 1. The highest BCUT2D eigenvalue weighted by atomic mass is 35.5. The van der Waals surface area contributed by atoms with E-state index in [-0.39, 0.29) is 17.2 Å². The molecule has 19 heavy (non-hydrogen) atoms. The van der Waals surface area contributed by atoms with Crippen LogP contribution >= 0.6 is 11.6 Å². The predicted molar refractivity (Wildman–Crippen MR) is 76.8 cm³/mol. The Balaban J connectivity index is 2.23. The summed E-state index contributed by atoms with van der Waals surface area (Å²) < 4.78 is 0. The fourth-order valence-electron chi connectivity index (χ4n) is 1.76. The summed E-state index contributed by atoms with van der Waals surface area (Å²) >= 11 is 5.75. The van der Waals surface area contributed by atoms with Crippen molar-refractivity contribution in [1.29, 1.82) is 0 Å². The van der Waals surface area contributed by atoms with E-state index < -0.39 is 0 Å². The van der Waals surface area contributed by atoms with Crippen molar-refractivity contribution in [2.24, 2.45) is 0 Å². The van der Waals surface area contributed by atoms with Crippen LogP contribution in [-0.4, -0.2) is 11.0 Å². The number of nitrogens with one attached hydrogen (secondary N) is 1. The van der Waals surface area contributed by atoms with Gasteiger partial charge in [-0.1, -0.05) is 23.8 Å². The second-order valence-electron chi connectivity index (χ2n) is 4.31. The summed E-state index contributed by atoms with van der Waals surface area (Å²) in [6, 6.07) is 12.2. The molecule has 0 bridgehead atoms. The van der Waals surface area contributed by atoms with Gasteiger partial charge in [-0.15, -0.1) is 11.6 Å². The lowest BCUT2D eigenvalue weighted by Gasteiger charge is -2.08. The van der Waals surface area contributed by atoms with Crippen LogP contribution in [0.2, 0.25) is 0 Å². The van der Waals surface area contributed by atoms with Gasteiger partial charge < -0.3 is 10.4 Å². The van der Waals surface area contributed by atoms with Crippen LogP contribution in [0.25, 0.3) is 0 Å². The molecule has 0 unspecified atom stereocenters. The molecule has 98 valence electrons. The average Bonchev–Trinajstić information content (AvgIpc) is 2.41. The van der Waals surface area contributed by atoms with E-state index in [4.69, 9.17) is 11.6 Å². The lowest BCUT2D eigenvalue weighted by Crippen LogP contribution is -2.12. The van der Waals surface area contributed by atoms with Crippen LogP contribution < -0.4 is 5.32 Å². The number of anilines is 1. The van der Waals surface area contributed by atoms with Crippen molar-refractivity contribution < 1.29 is 9.90 Å². The van der Waals surface area contributed by atoms with Crippen molar-refractivity contribution in [3.8, 4) is 5.75 Å². The molecule has 2 N–H and O–H groups in total. The minimum Gasteiger partial charge on any atom is -0.507 e. The van der Waals surface area contributed by atoms with E-state index >= 15 is 0 Å². The van der Waals surface area contributed by atoms with Crippen molar-refractivity contribution in [3.05, 3.63) is 59.2 Å². The Hall–Kier alpha value is -2.00. The number of halogens is 1. The monoisotopic (exact) mass is 275 g/mol. The van der Waals surface area contributed by atoms with Crippen LogP contribution in [0.4, 0.5) is 5.69 Å². The van der Waals surface area contributed by atoms with Gasteiger partial charge in [-0.25, -0.2) is 0 Å². The minimum atomic E-state index is -0.340.